The van der Waals surface area contributed by atoms with E-state index in [4.69, 9.17) is 0 Å². The Kier molecular flexibility index (Phi) is 7.23. The molecule has 2 aromatic carbocycles. The zero-order valence-corrected chi connectivity index (χ0v) is 18.5. The van der Waals surface area contributed by atoms with Crippen molar-refractivity contribution >= 4 is 22.2 Å². The molecule has 0 N–H and O–H groups in total. The number of alkyl halides is 3. The van der Waals surface area contributed by atoms with Gasteiger partial charge in [-0.05, 0) is 36.6 Å². The van der Waals surface area contributed by atoms with Crippen molar-refractivity contribution in [2.45, 2.75) is 31.6 Å². The van der Waals surface area contributed by atoms with Crippen LogP contribution in [-0.4, -0.2) is 55.2 Å². The van der Waals surface area contributed by atoms with Gasteiger partial charge in [0.05, 0.1) is 11.8 Å². The minimum Gasteiger partial charge on any atom is -0.339 e. The molecule has 0 atom stereocenters. The Morgan fingerprint density at radius 3 is 2.21 bits per heavy atom. The van der Waals surface area contributed by atoms with Gasteiger partial charge in [0.15, 0.2) is 0 Å². The molecule has 1 aliphatic rings. The van der Waals surface area contributed by atoms with Crippen molar-refractivity contribution in [1.82, 2.24) is 9.21 Å². The first-order valence-corrected chi connectivity index (χ1v) is 11.9. The van der Waals surface area contributed by atoms with Crippen LogP contribution in [0.5, 0.6) is 0 Å². The van der Waals surface area contributed by atoms with Crippen molar-refractivity contribution in [2.75, 3.05) is 19.3 Å². The molecule has 1 saturated heterocycles. The van der Waals surface area contributed by atoms with Crippen LogP contribution in [0.2, 0.25) is 0 Å². The highest BCUT2D eigenvalue weighted by atomic mass is 32.2. The van der Waals surface area contributed by atoms with Crippen LogP contribution >= 0.6 is 0 Å². The summed E-state index contributed by atoms with van der Waals surface area (Å²) in [4.78, 5) is 24.8. The van der Waals surface area contributed by atoms with Gasteiger partial charge in [-0.1, -0.05) is 24.3 Å². The Balaban J connectivity index is 1.69. The van der Waals surface area contributed by atoms with Crippen LogP contribution in [0.1, 0.15) is 44.7 Å². The van der Waals surface area contributed by atoms with Crippen molar-refractivity contribution in [3.63, 3.8) is 0 Å². The largest absolute Gasteiger partial charge is 0.419 e. The monoisotopic (exact) mass is 486 g/mol. The van der Waals surface area contributed by atoms with Crippen molar-refractivity contribution in [2.24, 2.45) is 0 Å². The SMILES string of the molecule is CS(=O)(=O)N(Cc1ccc(C=O)cc1)C1CCN(C(=O)c2ccc(C(F)(F)F)c(F)c2)CC1. The average Bonchev–Trinajstić information content (AvgIpc) is 2.76. The molecule has 11 heteroatoms. The first-order chi connectivity index (χ1) is 15.4. The number of likely N-dealkylation sites (tertiary alicyclic amines) is 1. The minimum atomic E-state index is -4.85. The predicted octanol–water partition coefficient (Wildman–Crippen LogP) is 3.72. The first kappa shape index (κ1) is 24.8. The van der Waals surface area contributed by atoms with Crippen molar-refractivity contribution < 1.29 is 35.6 Å². The van der Waals surface area contributed by atoms with Gasteiger partial charge in [-0.3, -0.25) is 9.59 Å². The van der Waals surface area contributed by atoms with Crippen LogP contribution in [0.4, 0.5) is 17.6 Å². The molecule has 1 fully saturated rings. The van der Waals surface area contributed by atoms with Gasteiger partial charge >= 0.3 is 6.18 Å². The van der Waals surface area contributed by atoms with Crippen LogP contribution in [0.15, 0.2) is 42.5 Å². The molecule has 0 bridgehead atoms. The Bertz CT molecular complexity index is 1130. The maximum Gasteiger partial charge on any atom is 0.419 e. The van der Waals surface area contributed by atoms with Gasteiger partial charge in [-0.15, -0.1) is 0 Å². The molecule has 1 amide bonds. The van der Waals surface area contributed by atoms with Crippen molar-refractivity contribution in [3.05, 3.63) is 70.5 Å². The first-order valence-electron chi connectivity index (χ1n) is 10.1. The van der Waals surface area contributed by atoms with E-state index >= 15 is 0 Å². The summed E-state index contributed by atoms with van der Waals surface area (Å²) >= 11 is 0. The second-order valence-electron chi connectivity index (χ2n) is 7.88. The zero-order chi connectivity index (χ0) is 24.4. The van der Waals surface area contributed by atoms with Gasteiger partial charge in [0.2, 0.25) is 10.0 Å². The highest BCUT2D eigenvalue weighted by molar-refractivity contribution is 7.88. The summed E-state index contributed by atoms with van der Waals surface area (Å²) in [5.41, 5.74) is -0.474. The third-order valence-electron chi connectivity index (χ3n) is 5.56. The van der Waals surface area contributed by atoms with E-state index in [2.05, 4.69) is 0 Å². The number of carbonyl (C=O) groups excluding carboxylic acids is 2. The van der Waals surface area contributed by atoms with E-state index in [0.29, 0.717) is 42.4 Å². The minimum absolute atomic E-state index is 0.0979. The summed E-state index contributed by atoms with van der Waals surface area (Å²) < 4.78 is 78.2. The Morgan fingerprint density at radius 2 is 1.73 bits per heavy atom. The lowest BCUT2D eigenvalue weighted by Gasteiger charge is -2.37. The number of nitrogens with zero attached hydrogens (tertiary/aromatic N) is 2. The normalized spacial score (nSPS) is 15.6. The van der Waals surface area contributed by atoms with E-state index in [-0.39, 0.29) is 31.2 Å². The van der Waals surface area contributed by atoms with E-state index in [9.17, 15) is 35.6 Å². The molecule has 6 nitrogen and oxygen atoms in total. The van der Waals surface area contributed by atoms with Crippen LogP contribution in [-0.2, 0) is 22.7 Å². The van der Waals surface area contributed by atoms with Crippen LogP contribution in [0.25, 0.3) is 0 Å². The van der Waals surface area contributed by atoms with Gasteiger partial charge in [0.1, 0.15) is 12.1 Å². The molecular weight excluding hydrogens is 464 g/mol. The number of carbonyl (C=O) groups is 2. The molecule has 0 radical (unpaired) electrons. The van der Waals surface area contributed by atoms with Gasteiger partial charge in [-0.2, -0.15) is 17.5 Å². The predicted molar refractivity (Wildman–Crippen MR) is 113 cm³/mol. The van der Waals surface area contributed by atoms with Crippen molar-refractivity contribution in [1.29, 1.82) is 0 Å². The molecule has 0 unspecified atom stereocenters. The molecular formula is C22H22F4N2O4S. The maximum absolute atomic E-state index is 13.8. The van der Waals surface area contributed by atoms with Crippen molar-refractivity contribution in [3.8, 4) is 0 Å². The number of rotatable bonds is 6. The summed E-state index contributed by atoms with van der Waals surface area (Å²) in [6.45, 7) is 0.436. The number of halogens is 4. The summed E-state index contributed by atoms with van der Waals surface area (Å²) in [7, 11) is -3.59. The molecule has 2 aromatic rings. The molecule has 1 heterocycles. The second-order valence-corrected chi connectivity index (χ2v) is 9.82. The maximum atomic E-state index is 13.8. The van der Waals surface area contributed by atoms with E-state index in [0.717, 1.165) is 12.3 Å². The topological polar surface area (TPSA) is 74.8 Å². The van der Waals surface area contributed by atoms with Crippen LogP contribution < -0.4 is 0 Å². The second kappa shape index (κ2) is 9.60. The number of aldehydes is 1. The van der Waals surface area contributed by atoms with Crippen LogP contribution in [0, 0.1) is 5.82 Å². The molecule has 3 rings (SSSR count). The van der Waals surface area contributed by atoms with Gasteiger partial charge < -0.3 is 4.90 Å². The quantitative estimate of drug-likeness (QED) is 0.461. The fourth-order valence-electron chi connectivity index (χ4n) is 3.82. The number of sulfonamides is 1. The molecule has 0 saturated carbocycles. The number of benzene rings is 2. The number of amides is 1. The summed E-state index contributed by atoms with van der Waals surface area (Å²) in [5, 5.41) is 0. The standard InChI is InChI=1S/C22H22F4N2O4S/c1-33(31,32)28(13-15-2-4-16(14-29)5-3-15)18-8-10-27(11-9-18)21(30)17-6-7-19(20(23)12-17)22(24,25)26/h2-7,12,14,18H,8-11,13H2,1H3. The summed E-state index contributed by atoms with van der Waals surface area (Å²) in [6.07, 6.45) is -2.45. The molecule has 1 aliphatic heterocycles. The number of hydrogen-bond donors (Lipinski definition) is 0. The Labute approximate surface area is 188 Å². The summed E-state index contributed by atoms with van der Waals surface area (Å²) in [5.74, 6) is -2.14. The Morgan fingerprint density at radius 1 is 1.12 bits per heavy atom. The van der Waals surface area contributed by atoms with E-state index < -0.39 is 33.5 Å². The molecule has 33 heavy (non-hydrogen) atoms. The molecule has 0 spiro atoms. The molecule has 0 aliphatic carbocycles. The lowest BCUT2D eigenvalue weighted by molar-refractivity contribution is -0.140. The fraction of sp³-hybridized carbons (Fsp3) is 0.364. The number of piperidine rings is 1. The average molecular weight is 486 g/mol. The molecule has 178 valence electrons. The zero-order valence-electron chi connectivity index (χ0n) is 17.7. The fourth-order valence-corrected chi connectivity index (χ4v) is 4.95. The smallest absolute Gasteiger partial charge is 0.339 e. The van der Waals surface area contributed by atoms with Crippen LogP contribution in [0.3, 0.4) is 0 Å². The van der Waals surface area contributed by atoms with Gasteiger partial charge in [-0.25, -0.2) is 12.8 Å². The van der Waals surface area contributed by atoms with E-state index in [1.807, 2.05) is 0 Å². The third-order valence-corrected chi connectivity index (χ3v) is 6.84. The Hall–Kier alpha value is -2.79. The van der Waals surface area contributed by atoms with E-state index in [1.165, 1.54) is 9.21 Å². The van der Waals surface area contributed by atoms with Gasteiger partial charge in [0.25, 0.3) is 5.91 Å². The lowest BCUT2D eigenvalue weighted by Crippen LogP contribution is -2.48. The number of hydrogen-bond acceptors (Lipinski definition) is 4. The third kappa shape index (κ3) is 5.97. The lowest BCUT2D eigenvalue weighted by atomic mass is 10.0. The highest BCUT2D eigenvalue weighted by Crippen LogP contribution is 2.32. The van der Waals surface area contributed by atoms with Gasteiger partial charge in [0, 0.05) is 36.8 Å². The summed E-state index contributed by atoms with van der Waals surface area (Å²) in [6, 6.07) is 8.17. The molecule has 0 aromatic heterocycles. The highest BCUT2D eigenvalue weighted by Gasteiger charge is 2.35. The van der Waals surface area contributed by atoms with E-state index in [1.54, 1.807) is 24.3 Å².